The topological polar surface area (TPSA) is 36.4 Å². The molecule has 0 unspecified atom stereocenters. The number of guanidine groups is 1. The third-order valence-electron chi connectivity index (χ3n) is 4.12. The van der Waals surface area contributed by atoms with Gasteiger partial charge >= 0.3 is 0 Å². The average Bonchev–Trinajstić information content (AvgIpc) is 3.21. The Kier molecular flexibility index (Phi) is 8.83. The SMILES string of the molecule is CCNC(=NCC1CC1)NCCC1CCCCC1.I. The van der Waals surface area contributed by atoms with Crippen LogP contribution in [0.25, 0.3) is 0 Å². The van der Waals surface area contributed by atoms with E-state index in [9.17, 15) is 0 Å². The van der Waals surface area contributed by atoms with E-state index in [2.05, 4.69) is 22.5 Å². The Hall–Kier alpha value is 0. The summed E-state index contributed by atoms with van der Waals surface area (Å²) in [5.41, 5.74) is 0. The molecule has 0 heterocycles. The highest BCUT2D eigenvalue weighted by Crippen LogP contribution is 2.28. The molecule has 0 aromatic carbocycles. The summed E-state index contributed by atoms with van der Waals surface area (Å²) in [5.74, 6) is 2.86. The van der Waals surface area contributed by atoms with E-state index in [1.54, 1.807) is 0 Å². The average molecular weight is 379 g/mol. The zero-order valence-electron chi connectivity index (χ0n) is 12.3. The van der Waals surface area contributed by atoms with E-state index >= 15 is 0 Å². The molecule has 4 heteroatoms. The number of aliphatic imine (C=N–C) groups is 1. The van der Waals surface area contributed by atoms with Gasteiger partial charge < -0.3 is 10.6 Å². The van der Waals surface area contributed by atoms with Crippen molar-refractivity contribution in [2.75, 3.05) is 19.6 Å². The van der Waals surface area contributed by atoms with Crippen LogP contribution in [0.5, 0.6) is 0 Å². The lowest BCUT2D eigenvalue weighted by atomic mass is 9.87. The van der Waals surface area contributed by atoms with Gasteiger partial charge in [-0.2, -0.15) is 0 Å². The molecule has 0 amide bonds. The molecule has 0 spiro atoms. The lowest BCUT2D eigenvalue weighted by molar-refractivity contribution is 0.339. The van der Waals surface area contributed by atoms with Crippen LogP contribution in [-0.2, 0) is 0 Å². The molecule has 0 aliphatic heterocycles. The van der Waals surface area contributed by atoms with Crippen LogP contribution >= 0.6 is 24.0 Å². The van der Waals surface area contributed by atoms with Crippen molar-refractivity contribution in [3.63, 3.8) is 0 Å². The fraction of sp³-hybridized carbons (Fsp3) is 0.933. The maximum absolute atomic E-state index is 4.65. The Bertz CT molecular complexity index is 258. The van der Waals surface area contributed by atoms with Gasteiger partial charge in [-0.3, -0.25) is 4.99 Å². The highest BCUT2D eigenvalue weighted by molar-refractivity contribution is 14.0. The zero-order chi connectivity index (χ0) is 12.6. The lowest BCUT2D eigenvalue weighted by Gasteiger charge is -2.22. The van der Waals surface area contributed by atoms with Crippen LogP contribution in [-0.4, -0.2) is 25.6 Å². The Balaban J connectivity index is 0.00000180. The minimum absolute atomic E-state index is 0. The Morgan fingerprint density at radius 1 is 1.00 bits per heavy atom. The second-order valence-corrected chi connectivity index (χ2v) is 5.88. The second kappa shape index (κ2) is 9.83. The smallest absolute Gasteiger partial charge is 0.191 e. The minimum Gasteiger partial charge on any atom is -0.357 e. The quantitative estimate of drug-likeness (QED) is 0.421. The molecule has 0 aromatic heterocycles. The maximum atomic E-state index is 4.65. The first-order valence-corrected chi connectivity index (χ1v) is 7.90. The number of nitrogens with zero attached hydrogens (tertiary/aromatic N) is 1. The van der Waals surface area contributed by atoms with E-state index in [1.807, 2.05) is 0 Å². The molecule has 2 aliphatic rings. The summed E-state index contributed by atoms with van der Waals surface area (Å²) < 4.78 is 0. The van der Waals surface area contributed by atoms with Gasteiger partial charge in [-0.1, -0.05) is 32.1 Å². The lowest BCUT2D eigenvalue weighted by Crippen LogP contribution is -2.38. The molecule has 112 valence electrons. The van der Waals surface area contributed by atoms with E-state index in [1.165, 1.54) is 51.4 Å². The first kappa shape index (κ1) is 17.1. The molecule has 0 atom stereocenters. The molecule has 19 heavy (non-hydrogen) atoms. The van der Waals surface area contributed by atoms with Crippen molar-refractivity contribution in [3.8, 4) is 0 Å². The van der Waals surface area contributed by atoms with Gasteiger partial charge in [-0.15, -0.1) is 24.0 Å². The molecule has 2 saturated carbocycles. The summed E-state index contributed by atoms with van der Waals surface area (Å²) in [6, 6.07) is 0. The molecule has 0 radical (unpaired) electrons. The number of halogens is 1. The van der Waals surface area contributed by atoms with Crippen molar-refractivity contribution in [2.45, 2.75) is 58.3 Å². The Labute approximate surface area is 135 Å². The van der Waals surface area contributed by atoms with Gasteiger partial charge in [-0.05, 0) is 38.0 Å². The normalized spacial score (nSPS) is 20.8. The molecule has 0 saturated heterocycles. The summed E-state index contributed by atoms with van der Waals surface area (Å²) in [7, 11) is 0. The molecule has 2 N–H and O–H groups in total. The summed E-state index contributed by atoms with van der Waals surface area (Å²) in [6.45, 7) is 5.19. The molecule has 2 aliphatic carbocycles. The van der Waals surface area contributed by atoms with Crippen molar-refractivity contribution in [3.05, 3.63) is 0 Å². The van der Waals surface area contributed by atoms with Gasteiger partial charge in [0.2, 0.25) is 0 Å². The summed E-state index contributed by atoms with van der Waals surface area (Å²) in [5, 5.41) is 6.83. The van der Waals surface area contributed by atoms with Crippen LogP contribution in [0, 0.1) is 11.8 Å². The van der Waals surface area contributed by atoms with Gasteiger partial charge in [-0.25, -0.2) is 0 Å². The van der Waals surface area contributed by atoms with Crippen molar-refractivity contribution in [1.29, 1.82) is 0 Å². The van der Waals surface area contributed by atoms with Gasteiger partial charge in [0.25, 0.3) is 0 Å². The number of nitrogens with one attached hydrogen (secondary N) is 2. The molecular formula is C15H30IN3. The van der Waals surface area contributed by atoms with Crippen molar-refractivity contribution in [1.82, 2.24) is 10.6 Å². The number of hydrogen-bond acceptors (Lipinski definition) is 1. The van der Waals surface area contributed by atoms with Crippen molar-refractivity contribution in [2.24, 2.45) is 16.8 Å². The molecule has 0 bridgehead atoms. The number of hydrogen-bond donors (Lipinski definition) is 2. The van der Waals surface area contributed by atoms with E-state index in [0.29, 0.717) is 0 Å². The predicted octanol–water partition coefficient (Wildman–Crippen LogP) is 3.54. The van der Waals surface area contributed by atoms with Crippen LogP contribution in [0.1, 0.15) is 58.3 Å². The summed E-state index contributed by atoms with van der Waals surface area (Å²) >= 11 is 0. The largest absolute Gasteiger partial charge is 0.357 e. The van der Waals surface area contributed by atoms with Crippen LogP contribution in [0.4, 0.5) is 0 Å². The van der Waals surface area contributed by atoms with E-state index in [-0.39, 0.29) is 24.0 Å². The minimum atomic E-state index is 0. The highest BCUT2D eigenvalue weighted by atomic mass is 127. The van der Waals surface area contributed by atoms with Crippen molar-refractivity contribution >= 4 is 29.9 Å². The third-order valence-corrected chi connectivity index (χ3v) is 4.12. The van der Waals surface area contributed by atoms with Crippen LogP contribution in [0.15, 0.2) is 4.99 Å². The molecule has 0 aromatic rings. The van der Waals surface area contributed by atoms with Gasteiger partial charge in [0.05, 0.1) is 0 Å². The standard InChI is InChI=1S/C15H29N3.HI/c1-2-16-15(18-12-14-8-9-14)17-11-10-13-6-4-3-5-7-13;/h13-14H,2-12H2,1H3,(H2,16,17,18);1H. The van der Waals surface area contributed by atoms with Crippen LogP contribution in [0.3, 0.4) is 0 Å². The van der Waals surface area contributed by atoms with E-state index in [4.69, 9.17) is 0 Å². The first-order valence-electron chi connectivity index (χ1n) is 7.90. The van der Waals surface area contributed by atoms with Gasteiger partial charge in [0, 0.05) is 19.6 Å². The Morgan fingerprint density at radius 2 is 1.74 bits per heavy atom. The monoisotopic (exact) mass is 379 g/mol. The van der Waals surface area contributed by atoms with E-state index in [0.717, 1.165) is 37.4 Å². The van der Waals surface area contributed by atoms with Gasteiger partial charge in [0.1, 0.15) is 0 Å². The predicted molar refractivity (Wildman–Crippen MR) is 93.3 cm³/mol. The highest BCUT2D eigenvalue weighted by Gasteiger charge is 2.20. The fourth-order valence-corrected chi connectivity index (χ4v) is 2.73. The summed E-state index contributed by atoms with van der Waals surface area (Å²) in [4.78, 5) is 4.65. The van der Waals surface area contributed by atoms with E-state index < -0.39 is 0 Å². The van der Waals surface area contributed by atoms with Crippen LogP contribution in [0.2, 0.25) is 0 Å². The number of rotatable bonds is 6. The molecular weight excluding hydrogens is 349 g/mol. The Morgan fingerprint density at radius 3 is 2.37 bits per heavy atom. The summed E-state index contributed by atoms with van der Waals surface area (Å²) in [6.07, 6.45) is 11.3. The molecule has 3 nitrogen and oxygen atoms in total. The molecule has 2 fully saturated rings. The fourth-order valence-electron chi connectivity index (χ4n) is 2.73. The first-order chi connectivity index (χ1) is 8.88. The molecule has 2 rings (SSSR count). The van der Waals surface area contributed by atoms with Gasteiger partial charge in [0.15, 0.2) is 5.96 Å². The third kappa shape index (κ3) is 7.37. The van der Waals surface area contributed by atoms with Crippen LogP contribution < -0.4 is 10.6 Å². The zero-order valence-corrected chi connectivity index (χ0v) is 14.6. The second-order valence-electron chi connectivity index (χ2n) is 5.88. The maximum Gasteiger partial charge on any atom is 0.191 e. The van der Waals surface area contributed by atoms with Crippen molar-refractivity contribution < 1.29 is 0 Å².